The lowest BCUT2D eigenvalue weighted by Crippen LogP contribution is -2.34. The molecule has 1 heterocycles. The number of hydrogen-bond acceptors (Lipinski definition) is 2. The number of rotatable bonds is 2. The fourth-order valence-electron chi connectivity index (χ4n) is 2.53. The monoisotopic (exact) mass is 228 g/mol. The third-order valence-corrected chi connectivity index (χ3v) is 3.49. The van der Waals surface area contributed by atoms with E-state index >= 15 is 0 Å². The normalized spacial score (nSPS) is 23.4. The molecule has 0 spiro atoms. The van der Waals surface area contributed by atoms with Crippen LogP contribution in [0.3, 0.4) is 0 Å². The molecule has 0 radical (unpaired) electrons. The topological polar surface area (TPSA) is 44.9 Å². The van der Waals surface area contributed by atoms with Gasteiger partial charge >= 0.3 is 0 Å². The summed E-state index contributed by atoms with van der Waals surface area (Å²) >= 11 is 0. The van der Waals surface area contributed by atoms with E-state index in [-0.39, 0.29) is 5.56 Å². The average molecular weight is 228 g/mol. The Kier molecular flexibility index (Phi) is 2.39. The Hall–Kier alpha value is -1.77. The smallest absolute Gasteiger partial charge is 0.257 e. The van der Waals surface area contributed by atoms with Crippen LogP contribution in [0.5, 0.6) is 0 Å². The SMILES string of the molecule is CC1CC(Nc2cc3ccccc3c(=O)[nH]2)C1. The Morgan fingerprint density at radius 1 is 1.29 bits per heavy atom. The van der Waals surface area contributed by atoms with E-state index in [1.165, 1.54) is 12.8 Å². The molecule has 1 aliphatic rings. The Morgan fingerprint density at radius 3 is 2.82 bits per heavy atom. The van der Waals surface area contributed by atoms with Crippen LogP contribution in [-0.4, -0.2) is 11.0 Å². The zero-order chi connectivity index (χ0) is 11.8. The van der Waals surface area contributed by atoms with Gasteiger partial charge in [-0.1, -0.05) is 25.1 Å². The summed E-state index contributed by atoms with van der Waals surface area (Å²) in [6.07, 6.45) is 2.38. The molecular formula is C14H16N2O. The third kappa shape index (κ3) is 1.93. The average Bonchev–Trinajstić information content (AvgIpc) is 2.27. The van der Waals surface area contributed by atoms with Crippen LogP contribution in [0.1, 0.15) is 19.8 Å². The van der Waals surface area contributed by atoms with Crippen molar-refractivity contribution in [1.29, 1.82) is 0 Å². The number of aromatic nitrogens is 1. The van der Waals surface area contributed by atoms with Crippen LogP contribution in [-0.2, 0) is 0 Å². The molecular weight excluding hydrogens is 212 g/mol. The third-order valence-electron chi connectivity index (χ3n) is 3.49. The largest absolute Gasteiger partial charge is 0.369 e. The van der Waals surface area contributed by atoms with Crippen LogP contribution in [0, 0.1) is 5.92 Å². The maximum Gasteiger partial charge on any atom is 0.257 e. The molecule has 88 valence electrons. The van der Waals surface area contributed by atoms with Gasteiger partial charge in [-0.15, -0.1) is 0 Å². The van der Waals surface area contributed by atoms with Crippen molar-refractivity contribution in [2.24, 2.45) is 5.92 Å². The standard InChI is InChI=1S/C14H16N2O/c1-9-6-11(7-9)15-13-8-10-4-2-3-5-12(10)14(17)16-13/h2-5,8-9,11H,6-7H2,1H3,(H2,15,16,17). The fourth-order valence-corrected chi connectivity index (χ4v) is 2.53. The highest BCUT2D eigenvalue weighted by Crippen LogP contribution is 2.29. The summed E-state index contributed by atoms with van der Waals surface area (Å²) in [5.74, 6) is 1.64. The van der Waals surface area contributed by atoms with E-state index in [1.807, 2.05) is 30.3 Å². The highest BCUT2D eigenvalue weighted by atomic mass is 16.1. The van der Waals surface area contributed by atoms with Gasteiger partial charge in [0, 0.05) is 11.4 Å². The number of benzene rings is 1. The van der Waals surface area contributed by atoms with Gasteiger partial charge in [0.15, 0.2) is 0 Å². The Morgan fingerprint density at radius 2 is 2.06 bits per heavy atom. The van der Waals surface area contributed by atoms with Crippen LogP contribution < -0.4 is 10.9 Å². The lowest BCUT2D eigenvalue weighted by atomic mass is 9.82. The lowest BCUT2D eigenvalue weighted by Gasteiger charge is -2.33. The Bertz CT molecular complexity index is 596. The van der Waals surface area contributed by atoms with Crippen molar-refractivity contribution in [3.8, 4) is 0 Å². The molecule has 0 aliphatic heterocycles. The number of fused-ring (bicyclic) bond motifs is 1. The maximum absolute atomic E-state index is 11.9. The molecule has 1 aromatic heterocycles. The van der Waals surface area contributed by atoms with Crippen molar-refractivity contribution < 1.29 is 0 Å². The molecule has 1 fully saturated rings. The van der Waals surface area contributed by atoms with E-state index in [0.29, 0.717) is 6.04 Å². The van der Waals surface area contributed by atoms with Crippen LogP contribution in [0.15, 0.2) is 35.1 Å². The van der Waals surface area contributed by atoms with Gasteiger partial charge in [-0.2, -0.15) is 0 Å². The molecule has 2 aromatic rings. The molecule has 3 nitrogen and oxygen atoms in total. The van der Waals surface area contributed by atoms with Gasteiger partial charge in [0.1, 0.15) is 5.82 Å². The molecule has 1 aromatic carbocycles. The van der Waals surface area contributed by atoms with Crippen LogP contribution in [0.25, 0.3) is 10.8 Å². The first kappa shape index (κ1) is 10.4. The van der Waals surface area contributed by atoms with Gasteiger partial charge in [0.2, 0.25) is 0 Å². The van der Waals surface area contributed by atoms with Crippen LogP contribution >= 0.6 is 0 Å². The van der Waals surface area contributed by atoms with Gasteiger partial charge in [-0.3, -0.25) is 4.79 Å². The molecule has 0 unspecified atom stereocenters. The van der Waals surface area contributed by atoms with Crippen molar-refractivity contribution in [3.05, 3.63) is 40.7 Å². The summed E-state index contributed by atoms with van der Waals surface area (Å²) in [5, 5.41) is 5.13. The first-order chi connectivity index (χ1) is 8.22. The summed E-state index contributed by atoms with van der Waals surface area (Å²) in [6.45, 7) is 2.25. The summed E-state index contributed by atoms with van der Waals surface area (Å²) < 4.78 is 0. The van der Waals surface area contributed by atoms with Gasteiger partial charge < -0.3 is 10.3 Å². The van der Waals surface area contributed by atoms with Gasteiger partial charge in [0.05, 0.1) is 0 Å². The van der Waals surface area contributed by atoms with E-state index in [2.05, 4.69) is 17.2 Å². The van der Waals surface area contributed by atoms with E-state index in [0.717, 1.165) is 22.5 Å². The van der Waals surface area contributed by atoms with Crippen molar-refractivity contribution in [1.82, 2.24) is 4.98 Å². The molecule has 1 saturated carbocycles. The molecule has 3 heteroatoms. The highest BCUT2D eigenvalue weighted by Gasteiger charge is 2.25. The van der Waals surface area contributed by atoms with Crippen molar-refractivity contribution in [3.63, 3.8) is 0 Å². The number of pyridine rings is 1. The second-order valence-electron chi connectivity index (χ2n) is 5.02. The highest BCUT2D eigenvalue weighted by molar-refractivity contribution is 5.83. The molecule has 2 N–H and O–H groups in total. The first-order valence-corrected chi connectivity index (χ1v) is 6.11. The minimum absolute atomic E-state index is 0.0158. The molecule has 0 bridgehead atoms. The van der Waals surface area contributed by atoms with Crippen molar-refractivity contribution >= 4 is 16.6 Å². The van der Waals surface area contributed by atoms with Gasteiger partial charge in [-0.05, 0) is 36.3 Å². The predicted molar refractivity (Wildman–Crippen MR) is 70.4 cm³/mol. The van der Waals surface area contributed by atoms with E-state index < -0.39 is 0 Å². The van der Waals surface area contributed by atoms with Crippen LogP contribution in [0.4, 0.5) is 5.82 Å². The number of H-pyrrole nitrogens is 1. The summed E-state index contributed by atoms with van der Waals surface area (Å²) in [7, 11) is 0. The second-order valence-corrected chi connectivity index (χ2v) is 5.02. The van der Waals surface area contributed by atoms with E-state index in [1.54, 1.807) is 0 Å². The number of nitrogens with one attached hydrogen (secondary N) is 2. The number of anilines is 1. The van der Waals surface area contributed by atoms with E-state index in [9.17, 15) is 4.79 Å². The van der Waals surface area contributed by atoms with Gasteiger partial charge in [-0.25, -0.2) is 0 Å². The van der Waals surface area contributed by atoms with Crippen molar-refractivity contribution in [2.75, 3.05) is 5.32 Å². The van der Waals surface area contributed by atoms with E-state index in [4.69, 9.17) is 0 Å². The second kappa shape index (κ2) is 3.91. The first-order valence-electron chi connectivity index (χ1n) is 6.11. The molecule has 17 heavy (non-hydrogen) atoms. The van der Waals surface area contributed by atoms with Crippen molar-refractivity contribution in [2.45, 2.75) is 25.8 Å². The molecule has 0 atom stereocenters. The van der Waals surface area contributed by atoms with Crippen LogP contribution in [0.2, 0.25) is 0 Å². The predicted octanol–water partition coefficient (Wildman–Crippen LogP) is 2.74. The number of hydrogen-bond donors (Lipinski definition) is 2. The Labute approximate surface area is 99.9 Å². The fraction of sp³-hybridized carbons (Fsp3) is 0.357. The minimum atomic E-state index is -0.0158. The lowest BCUT2D eigenvalue weighted by molar-refractivity contribution is 0.308. The summed E-state index contributed by atoms with van der Waals surface area (Å²) in [4.78, 5) is 14.8. The number of aromatic amines is 1. The maximum atomic E-state index is 11.9. The summed E-state index contributed by atoms with van der Waals surface area (Å²) in [5.41, 5.74) is -0.0158. The van der Waals surface area contributed by atoms with Gasteiger partial charge in [0.25, 0.3) is 5.56 Å². The zero-order valence-corrected chi connectivity index (χ0v) is 9.86. The summed E-state index contributed by atoms with van der Waals surface area (Å²) in [6, 6.07) is 10.2. The molecule has 3 rings (SSSR count). The Balaban J connectivity index is 1.93. The minimum Gasteiger partial charge on any atom is -0.369 e. The quantitative estimate of drug-likeness (QED) is 0.830. The molecule has 1 aliphatic carbocycles. The molecule has 0 saturated heterocycles. The molecule has 0 amide bonds. The zero-order valence-electron chi connectivity index (χ0n) is 9.86.